The lowest BCUT2D eigenvalue weighted by Crippen LogP contribution is -2.31. The molecule has 0 aromatic carbocycles. The van der Waals surface area contributed by atoms with Gasteiger partial charge in [0, 0.05) is 18.3 Å². The van der Waals surface area contributed by atoms with Gasteiger partial charge in [-0.3, -0.25) is 4.68 Å². The van der Waals surface area contributed by atoms with Crippen LogP contribution in [0.4, 0.5) is 0 Å². The molecule has 0 spiro atoms. The van der Waals surface area contributed by atoms with Gasteiger partial charge in [0.15, 0.2) is 0 Å². The quantitative estimate of drug-likeness (QED) is 0.806. The number of thioether (sulfide) groups is 1. The molecule has 2 atom stereocenters. The van der Waals surface area contributed by atoms with Gasteiger partial charge >= 0.3 is 0 Å². The molecule has 0 aliphatic heterocycles. The highest BCUT2D eigenvalue weighted by molar-refractivity contribution is 7.99. The second kappa shape index (κ2) is 5.23. The van der Waals surface area contributed by atoms with Crippen LogP contribution in [0.25, 0.3) is 0 Å². The minimum absolute atomic E-state index is 0.350. The summed E-state index contributed by atoms with van der Waals surface area (Å²) < 4.78 is 1.97. The van der Waals surface area contributed by atoms with E-state index in [1.807, 2.05) is 30.4 Å². The van der Waals surface area contributed by atoms with E-state index in [1.165, 1.54) is 37.1 Å². The number of nitrogens with two attached hydrogens (primary N) is 1. The SMILES string of the molecule is Cc1cc(SC2CCCCCC2N)n(C)n1. The third-order valence-electron chi connectivity index (χ3n) is 3.23. The molecule has 1 saturated carbocycles. The molecule has 2 unspecified atom stereocenters. The van der Waals surface area contributed by atoms with E-state index in [1.54, 1.807) is 0 Å². The first-order chi connectivity index (χ1) is 7.66. The van der Waals surface area contributed by atoms with Crippen LogP contribution in [-0.2, 0) is 7.05 Å². The zero-order chi connectivity index (χ0) is 11.5. The van der Waals surface area contributed by atoms with Crippen LogP contribution in [0.2, 0.25) is 0 Å². The average molecular weight is 239 g/mol. The molecule has 1 heterocycles. The highest BCUT2D eigenvalue weighted by Gasteiger charge is 2.22. The van der Waals surface area contributed by atoms with Crippen molar-refractivity contribution in [2.75, 3.05) is 0 Å². The lowest BCUT2D eigenvalue weighted by molar-refractivity contribution is 0.593. The van der Waals surface area contributed by atoms with Crippen LogP contribution in [0.15, 0.2) is 11.1 Å². The van der Waals surface area contributed by atoms with E-state index in [0.29, 0.717) is 11.3 Å². The summed E-state index contributed by atoms with van der Waals surface area (Å²) >= 11 is 1.91. The van der Waals surface area contributed by atoms with Gasteiger partial charge in [0.1, 0.15) is 0 Å². The number of aromatic nitrogens is 2. The maximum atomic E-state index is 6.23. The van der Waals surface area contributed by atoms with Crippen molar-refractivity contribution in [1.29, 1.82) is 0 Å². The molecule has 90 valence electrons. The predicted octanol–water partition coefficient (Wildman–Crippen LogP) is 2.48. The van der Waals surface area contributed by atoms with E-state index in [9.17, 15) is 0 Å². The van der Waals surface area contributed by atoms with Crippen LogP contribution < -0.4 is 5.73 Å². The Kier molecular flexibility index (Phi) is 3.92. The summed E-state index contributed by atoms with van der Waals surface area (Å²) in [5, 5.41) is 6.20. The zero-order valence-corrected chi connectivity index (χ0v) is 11.0. The van der Waals surface area contributed by atoms with Gasteiger partial charge in [-0.2, -0.15) is 5.10 Å². The van der Waals surface area contributed by atoms with Gasteiger partial charge in [-0.05, 0) is 25.8 Å². The second-order valence-corrected chi connectivity index (χ2v) is 5.97. The standard InChI is InChI=1S/C12H21N3S/c1-9-8-12(15(2)14-9)16-11-7-5-3-4-6-10(11)13/h8,10-11H,3-7,13H2,1-2H3. The average Bonchev–Trinajstić information content (AvgIpc) is 2.43. The number of hydrogen-bond acceptors (Lipinski definition) is 3. The van der Waals surface area contributed by atoms with Crippen LogP contribution in [0, 0.1) is 6.92 Å². The largest absolute Gasteiger partial charge is 0.327 e. The number of aryl methyl sites for hydroxylation is 2. The van der Waals surface area contributed by atoms with E-state index in [2.05, 4.69) is 11.2 Å². The summed E-state index contributed by atoms with van der Waals surface area (Å²) in [5.74, 6) is 0. The maximum Gasteiger partial charge on any atom is 0.0942 e. The molecular weight excluding hydrogens is 218 g/mol. The molecule has 1 fully saturated rings. The molecule has 3 nitrogen and oxygen atoms in total. The molecule has 16 heavy (non-hydrogen) atoms. The van der Waals surface area contributed by atoms with Gasteiger partial charge in [0.25, 0.3) is 0 Å². The third-order valence-corrected chi connectivity index (χ3v) is 4.75. The Hall–Kier alpha value is -0.480. The van der Waals surface area contributed by atoms with E-state index in [4.69, 9.17) is 5.73 Å². The Balaban J connectivity index is 2.04. The van der Waals surface area contributed by atoms with Crippen molar-refractivity contribution in [3.8, 4) is 0 Å². The third kappa shape index (κ3) is 2.80. The van der Waals surface area contributed by atoms with Crippen LogP contribution >= 0.6 is 11.8 Å². The molecule has 2 rings (SSSR count). The topological polar surface area (TPSA) is 43.8 Å². The van der Waals surface area contributed by atoms with Gasteiger partial charge < -0.3 is 5.73 Å². The Morgan fingerprint density at radius 1 is 1.38 bits per heavy atom. The lowest BCUT2D eigenvalue weighted by Gasteiger charge is -2.20. The fraction of sp³-hybridized carbons (Fsp3) is 0.750. The fourth-order valence-electron chi connectivity index (χ4n) is 2.30. The first-order valence-electron chi connectivity index (χ1n) is 6.09. The van der Waals surface area contributed by atoms with Crippen LogP contribution in [-0.4, -0.2) is 21.1 Å². The second-order valence-electron chi connectivity index (χ2n) is 4.71. The fourth-order valence-corrected chi connectivity index (χ4v) is 3.64. The molecule has 0 radical (unpaired) electrons. The van der Waals surface area contributed by atoms with E-state index in [-0.39, 0.29) is 0 Å². The summed E-state index contributed by atoms with van der Waals surface area (Å²) in [6.45, 7) is 2.04. The van der Waals surface area contributed by atoms with Gasteiger partial charge in [0.05, 0.1) is 10.7 Å². The summed E-state index contributed by atoms with van der Waals surface area (Å²) in [7, 11) is 2.01. The molecule has 4 heteroatoms. The van der Waals surface area contributed by atoms with Gasteiger partial charge in [0.2, 0.25) is 0 Å². The van der Waals surface area contributed by atoms with Crippen molar-refractivity contribution in [1.82, 2.24) is 9.78 Å². The molecular formula is C12H21N3S. The van der Waals surface area contributed by atoms with Gasteiger partial charge in [-0.1, -0.05) is 19.3 Å². The molecule has 1 aromatic heterocycles. The van der Waals surface area contributed by atoms with E-state index < -0.39 is 0 Å². The predicted molar refractivity (Wildman–Crippen MR) is 68.7 cm³/mol. The van der Waals surface area contributed by atoms with Gasteiger partial charge in [-0.25, -0.2) is 0 Å². The van der Waals surface area contributed by atoms with Crippen molar-refractivity contribution in [3.63, 3.8) is 0 Å². The van der Waals surface area contributed by atoms with Crippen LogP contribution in [0.3, 0.4) is 0 Å². The number of nitrogens with zero attached hydrogens (tertiary/aromatic N) is 2. The van der Waals surface area contributed by atoms with Gasteiger partial charge in [-0.15, -0.1) is 11.8 Å². The highest BCUT2D eigenvalue weighted by Crippen LogP contribution is 2.32. The Labute approximate surface area is 102 Å². The lowest BCUT2D eigenvalue weighted by atomic mass is 10.1. The maximum absolute atomic E-state index is 6.23. The number of rotatable bonds is 2. The number of hydrogen-bond donors (Lipinski definition) is 1. The van der Waals surface area contributed by atoms with Crippen LogP contribution in [0.1, 0.15) is 37.8 Å². The normalized spacial score (nSPS) is 26.7. The van der Waals surface area contributed by atoms with E-state index >= 15 is 0 Å². The smallest absolute Gasteiger partial charge is 0.0942 e. The zero-order valence-electron chi connectivity index (χ0n) is 10.1. The van der Waals surface area contributed by atoms with Crippen molar-refractivity contribution >= 4 is 11.8 Å². The Morgan fingerprint density at radius 2 is 2.12 bits per heavy atom. The Morgan fingerprint density at radius 3 is 2.81 bits per heavy atom. The monoisotopic (exact) mass is 239 g/mol. The molecule has 2 N–H and O–H groups in total. The molecule has 1 aliphatic rings. The first kappa shape index (κ1) is 12.0. The van der Waals surface area contributed by atoms with Crippen LogP contribution in [0.5, 0.6) is 0 Å². The molecule has 0 saturated heterocycles. The Bertz CT molecular complexity index is 348. The molecule has 1 aliphatic carbocycles. The first-order valence-corrected chi connectivity index (χ1v) is 6.97. The summed E-state index contributed by atoms with van der Waals surface area (Å²) in [6, 6.07) is 2.50. The van der Waals surface area contributed by atoms with Crippen molar-refractivity contribution in [2.24, 2.45) is 12.8 Å². The summed E-state index contributed by atoms with van der Waals surface area (Å²) in [4.78, 5) is 0. The highest BCUT2D eigenvalue weighted by atomic mass is 32.2. The van der Waals surface area contributed by atoms with Crippen molar-refractivity contribution in [3.05, 3.63) is 11.8 Å². The molecule has 0 amide bonds. The minimum Gasteiger partial charge on any atom is -0.327 e. The minimum atomic E-state index is 0.350. The van der Waals surface area contributed by atoms with E-state index in [0.717, 1.165) is 5.69 Å². The van der Waals surface area contributed by atoms with Crippen molar-refractivity contribution in [2.45, 2.75) is 55.3 Å². The summed E-state index contributed by atoms with van der Waals surface area (Å²) in [6.07, 6.45) is 6.38. The van der Waals surface area contributed by atoms with Crippen molar-refractivity contribution < 1.29 is 0 Å². The molecule has 1 aromatic rings. The summed E-state index contributed by atoms with van der Waals surface area (Å²) in [5.41, 5.74) is 7.32. The molecule has 0 bridgehead atoms.